The third-order valence-electron chi connectivity index (χ3n) is 4.56. The SMILES string of the molecule is CC[Si](CC)(CC)c1ccc(C[C@@H](N)C(=O)OC)cc1. The molecule has 3 nitrogen and oxygen atoms in total. The first kappa shape index (κ1) is 16.9. The summed E-state index contributed by atoms with van der Waals surface area (Å²) in [6.45, 7) is 6.92. The van der Waals surface area contributed by atoms with Crippen LogP contribution >= 0.6 is 0 Å². The Hall–Kier alpha value is -1.13. The van der Waals surface area contributed by atoms with Crippen molar-refractivity contribution in [2.45, 2.75) is 51.4 Å². The lowest BCUT2D eigenvalue weighted by Crippen LogP contribution is -2.45. The minimum atomic E-state index is -1.31. The Morgan fingerprint density at radius 3 is 2.05 bits per heavy atom. The zero-order valence-electron chi connectivity index (χ0n) is 13.1. The zero-order valence-corrected chi connectivity index (χ0v) is 14.1. The van der Waals surface area contributed by atoms with Gasteiger partial charge in [-0.2, -0.15) is 0 Å². The molecule has 20 heavy (non-hydrogen) atoms. The van der Waals surface area contributed by atoms with Gasteiger partial charge < -0.3 is 10.5 Å². The molecule has 0 saturated heterocycles. The van der Waals surface area contributed by atoms with Gasteiger partial charge in [-0.05, 0) is 12.0 Å². The Bertz CT molecular complexity index is 418. The van der Waals surface area contributed by atoms with Gasteiger partial charge in [0.25, 0.3) is 0 Å². The molecule has 1 rings (SSSR count). The van der Waals surface area contributed by atoms with Crippen molar-refractivity contribution in [3.05, 3.63) is 29.8 Å². The maximum absolute atomic E-state index is 11.3. The summed E-state index contributed by atoms with van der Waals surface area (Å²) in [6.07, 6.45) is 0.534. The summed E-state index contributed by atoms with van der Waals surface area (Å²) < 4.78 is 4.66. The van der Waals surface area contributed by atoms with Crippen molar-refractivity contribution in [3.8, 4) is 0 Å². The quantitative estimate of drug-likeness (QED) is 0.620. The van der Waals surface area contributed by atoms with Gasteiger partial charge in [0.1, 0.15) is 6.04 Å². The van der Waals surface area contributed by atoms with Gasteiger partial charge in [-0.15, -0.1) is 0 Å². The lowest BCUT2D eigenvalue weighted by molar-refractivity contribution is -0.142. The Morgan fingerprint density at radius 1 is 1.15 bits per heavy atom. The first-order valence-electron chi connectivity index (χ1n) is 7.45. The van der Waals surface area contributed by atoms with Crippen LogP contribution in [0.4, 0.5) is 0 Å². The molecule has 0 radical (unpaired) electrons. The first-order valence-corrected chi connectivity index (χ1v) is 10.1. The van der Waals surface area contributed by atoms with E-state index in [0.29, 0.717) is 6.42 Å². The first-order chi connectivity index (χ1) is 9.52. The highest BCUT2D eigenvalue weighted by molar-refractivity contribution is 6.91. The van der Waals surface area contributed by atoms with Crippen LogP contribution in [-0.2, 0) is 16.0 Å². The van der Waals surface area contributed by atoms with E-state index >= 15 is 0 Å². The van der Waals surface area contributed by atoms with Crippen molar-refractivity contribution in [3.63, 3.8) is 0 Å². The average Bonchev–Trinajstić information content (AvgIpc) is 2.50. The van der Waals surface area contributed by atoms with E-state index in [1.54, 1.807) is 0 Å². The normalized spacial score (nSPS) is 13.1. The zero-order chi connectivity index (χ0) is 15.2. The minimum Gasteiger partial charge on any atom is -0.468 e. The summed E-state index contributed by atoms with van der Waals surface area (Å²) >= 11 is 0. The number of rotatable bonds is 7. The fourth-order valence-corrected chi connectivity index (χ4v) is 6.44. The van der Waals surface area contributed by atoms with E-state index in [1.807, 2.05) is 0 Å². The van der Waals surface area contributed by atoms with Crippen LogP contribution in [0.15, 0.2) is 24.3 Å². The second-order valence-electron chi connectivity index (χ2n) is 5.37. The van der Waals surface area contributed by atoms with E-state index in [2.05, 4.69) is 49.8 Å². The van der Waals surface area contributed by atoms with Gasteiger partial charge in [0.05, 0.1) is 15.2 Å². The summed E-state index contributed by atoms with van der Waals surface area (Å²) in [4.78, 5) is 11.3. The number of ether oxygens (including phenoxy) is 1. The van der Waals surface area contributed by atoms with Gasteiger partial charge in [-0.3, -0.25) is 4.79 Å². The van der Waals surface area contributed by atoms with E-state index in [1.165, 1.54) is 30.4 Å². The number of carbonyl (C=O) groups is 1. The number of methoxy groups -OCH3 is 1. The smallest absolute Gasteiger partial charge is 0.322 e. The van der Waals surface area contributed by atoms with Crippen molar-refractivity contribution in [2.24, 2.45) is 5.73 Å². The molecule has 1 atom stereocenters. The molecular weight excluding hydrogens is 266 g/mol. The second-order valence-corrected chi connectivity index (χ2v) is 10.6. The maximum atomic E-state index is 11.3. The molecule has 0 amide bonds. The van der Waals surface area contributed by atoms with Crippen LogP contribution in [0.2, 0.25) is 18.1 Å². The molecular formula is C16H27NO2Si. The molecule has 0 saturated carbocycles. The lowest BCUT2D eigenvalue weighted by Gasteiger charge is -2.28. The average molecular weight is 293 g/mol. The van der Waals surface area contributed by atoms with Gasteiger partial charge in [-0.1, -0.05) is 68.4 Å². The molecule has 0 aromatic heterocycles. The number of hydrogen-bond donors (Lipinski definition) is 1. The van der Waals surface area contributed by atoms with Gasteiger partial charge in [0.2, 0.25) is 0 Å². The molecule has 1 aromatic carbocycles. The fraction of sp³-hybridized carbons (Fsp3) is 0.562. The molecule has 112 valence electrons. The maximum Gasteiger partial charge on any atom is 0.322 e. The van der Waals surface area contributed by atoms with Crippen LogP contribution in [0.1, 0.15) is 26.3 Å². The summed E-state index contributed by atoms with van der Waals surface area (Å²) in [5.74, 6) is -0.353. The molecule has 0 aliphatic rings. The number of hydrogen-bond acceptors (Lipinski definition) is 3. The number of carbonyl (C=O) groups excluding carboxylic acids is 1. The summed E-state index contributed by atoms with van der Waals surface area (Å²) in [6, 6.07) is 12.0. The highest BCUT2D eigenvalue weighted by Gasteiger charge is 2.28. The van der Waals surface area contributed by atoms with Crippen molar-refractivity contribution >= 4 is 19.2 Å². The third kappa shape index (κ3) is 3.70. The molecule has 0 aliphatic heterocycles. The Kier molecular flexibility index (Phi) is 6.43. The number of benzene rings is 1. The Labute approximate surface area is 123 Å². The van der Waals surface area contributed by atoms with Crippen LogP contribution in [-0.4, -0.2) is 27.2 Å². The topological polar surface area (TPSA) is 52.3 Å². The van der Waals surface area contributed by atoms with Gasteiger partial charge in [0, 0.05) is 0 Å². The van der Waals surface area contributed by atoms with Crippen molar-refractivity contribution in [1.82, 2.24) is 0 Å². The van der Waals surface area contributed by atoms with Crippen LogP contribution in [0.3, 0.4) is 0 Å². The monoisotopic (exact) mass is 293 g/mol. The fourth-order valence-electron chi connectivity index (χ4n) is 2.85. The molecule has 0 unspecified atom stereocenters. The molecule has 0 fully saturated rings. The van der Waals surface area contributed by atoms with Crippen molar-refractivity contribution in [2.75, 3.05) is 7.11 Å². The Balaban J connectivity index is 2.86. The number of nitrogens with two attached hydrogens (primary N) is 1. The highest BCUT2D eigenvalue weighted by Crippen LogP contribution is 2.20. The van der Waals surface area contributed by atoms with E-state index in [4.69, 9.17) is 5.73 Å². The predicted molar refractivity (Wildman–Crippen MR) is 87.0 cm³/mol. The van der Waals surface area contributed by atoms with Gasteiger partial charge >= 0.3 is 5.97 Å². The van der Waals surface area contributed by atoms with Crippen molar-refractivity contribution in [1.29, 1.82) is 0 Å². The van der Waals surface area contributed by atoms with Crippen LogP contribution in [0.25, 0.3) is 0 Å². The molecule has 0 spiro atoms. The largest absolute Gasteiger partial charge is 0.468 e. The lowest BCUT2D eigenvalue weighted by atomic mass is 10.1. The molecule has 0 heterocycles. The van der Waals surface area contributed by atoms with Crippen molar-refractivity contribution < 1.29 is 9.53 Å². The minimum absolute atomic E-state index is 0.353. The summed E-state index contributed by atoms with van der Waals surface area (Å²) in [5, 5.41) is 1.51. The highest BCUT2D eigenvalue weighted by atomic mass is 28.3. The van der Waals surface area contributed by atoms with Crippen LogP contribution in [0, 0.1) is 0 Å². The summed E-state index contributed by atoms with van der Waals surface area (Å²) in [7, 11) is 0.0621. The molecule has 2 N–H and O–H groups in total. The van der Waals surface area contributed by atoms with Gasteiger partial charge in [-0.25, -0.2) is 0 Å². The molecule has 4 heteroatoms. The van der Waals surface area contributed by atoms with E-state index < -0.39 is 14.1 Å². The molecule has 0 bridgehead atoms. The van der Waals surface area contributed by atoms with E-state index in [0.717, 1.165) is 5.56 Å². The molecule has 0 aliphatic carbocycles. The number of esters is 1. The standard InChI is InChI=1S/C16H27NO2Si/c1-5-20(6-2,7-3)14-10-8-13(9-11-14)12-15(17)16(18)19-4/h8-11,15H,5-7,12,17H2,1-4H3/t15-/m1/s1. The predicted octanol–water partition coefficient (Wildman–Crippen LogP) is 2.44. The van der Waals surface area contributed by atoms with Crippen LogP contribution < -0.4 is 10.9 Å². The van der Waals surface area contributed by atoms with E-state index in [-0.39, 0.29) is 5.97 Å². The molecule has 1 aromatic rings. The van der Waals surface area contributed by atoms with Gasteiger partial charge in [0.15, 0.2) is 0 Å². The Morgan fingerprint density at radius 2 is 1.65 bits per heavy atom. The summed E-state index contributed by atoms with van der Waals surface area (Å²) in [5.41, 5.74) is 6.89. The third-order valence-corrected chi connectivity index (χ3v) is 10.2. The second kappa shape index (κ2) is 7.60. The van der Waals surface area contributed by atoms with Crippen LogP contribution in [0.5, 0.6) is 0 Å². The van der Waals surface area contributed by atoms with E-state index in [9.17, 15) is 4.79 Å².